The average Bonchev–Trinajstić information content (AvgIpc) is 1.80. The third-order valence-corrected chi connectivity index (χ3v) is 1.27. The molecular weight excluding hydrogens is 152 g/mol. The summed E-state index contributed by atoms with van der Waals surface area (Å²) in [5, 5.41) is 0. The molecule has 0 aliphatic heterocycles. The van der Waals surface area contributed by atoms with Gasteiger partial charge in [0.05, 0.1) is 11.7 Å². The molecule has 0 aliphatic rings. The fourth-order valence-electron chi connectivity index (χ4n) is 0.930. The van der Waals surface area contributed by atoms with Crippen LogP contribution in [0.2, 0.25) is 0 Å². The summed E-state index contributed by atoms with van der Waals surface area (Å²) in [6, 6.07) is 0. The summed E-state index contributed by atoms with van der Waals surface area (Å²) in [6.45, 7) is 12.3. The van der Waals surface area contributed by atoms with Crippen LogP contribution >= 0.6 is 0 Å². The standard InChI is InChI=1S/C10H22O2/c1-8(2)7-9(3)11-12-10(4,5)6/h8-9H,7H2,1-6H3. The largest absolute Gasteiger partial charge is 0.233 e. The molecule has 1 atom stereocenters. The van der Waals surface area contributed by atoms with Crippen molar-refractivity contribution < 1.29 is 9.78 Å². The Labute approximate surface area is 76.2 Å². The van der Waals surface area contributed by atoms with E-state index in [9.17, 15) is 0 Å². The van der Waals surface area contributed by atoms with Crippen LogP contribution in [0.3, 0.4) is 0 Å². The van der Waals surface area contributed by atoms with E-state index in [0.29, 0.717) is 5.92 Å². The quantitative estimate of drug-likeness (QED) is 0.481. The van der Waals surface area contributed by atoms with Gasteiger partial charge in [0, 0.05) is 0 Å². The second-order valence-corrected chi connectivity index (χ2v) is 4.73. The molecule has 0 N–H and O–H groups in total. The van der Waals surface area contributed by atoms with E-state index in [1.54, 1.807) is 0 Å². The fraction of sp³-hybridized carbons (Fsp3) is 1.00. The Hall–Kier alpha value is -0.0800. The molecule has 2 heteroatoms. The second kappa shape index (κ2) is 4.83. The predicted molar refractivity (Wildman–Crippen MR) is 50.8 cm³/mol. The minimum Gasteiger partial charge on any atom is -0.233 e. The van der Waals surface area contributed by atoms with Crippen molar-refractivity contribution >= 4 is 0 Å². The molecule has 0 heterocycles. The number of rotatable bonds is 4. The van der Waals surface area contributed by atoms with Gasteiger partial charge in [-0.3, -0.25) is 0 Å². The predicted octanol–water partition coefficient (Wildman–Crippen LogP) is 3.17. The summed E-state index contributed by atoms with van der Waals surface area (Å²) in [6.07, 6.45) is 1.22. The Bertz CT molecular complexity index is 113. The van der Waals surface area contributed by atoms with Crippen molar-refractivity contribution in [1.29, 1.82) is 0 Å². The Balaban J connectivity index is 3.51. The van der Waals surface area contributed by atoms with E-state index in [4.69, 9.17) is 9.78 Å². The molecule has 0 rings (SSSR count). The third kappa shape index (κ3) is 8.02. The maximum Gasteiger partial charge on any atom is 0.0952 e. The molecule has 0 amide bonds. The van der Waals surface area contributed by atoms with Crippen LogP contribution in [0.1, 0.15) is 48.0 Å². The van der Waals surface area contributed by atoms with E-state index >= 15 is 0 Å². The first-order chi connectivity index (χ1) is 5.31. The van der Waals surface area contributed by atoms with Gasteiger partial charge in [0.2, 0.25) is 0 Å². The minimum atomic E-state index is -0.203. The van der Waals surface area contributed by atoms with Crippen LogP contribution in [-0.4, -0.2) is 11.7 Å². The van der Waals surface area contributed by atoms with Crippen LogP contribution in [0, 0.1) is 5.92 Å². The van der Waals surface area contributed by atoms with Gasteiger partial charge in [0.15, 0.2) is 0 Å². The first-order valence-electron chi connectivity index (χ1n) is 4.66. The lowest BCUT2D eigenvalue weighted by molar-refractivity contribution is -0.371. The molecule has 0 aromatic heterocycles. The maximum absolute atomic E-state index is 5.22. The Morgan fingerprint density at radius 1 is 1.08 bits per heavy atom. The minimum absolute atomic E-state index is 0.184. The molecular formula is C10H22O2. The molecule has 0 aliphatic carbocycles. The molecule has 0 saturated heterocycles. The summed E-state index contributed by atoms with van der Waals surface area (Å²) < 4.78 is 0. The average molecular weight is 174 g/mol. The highest BCUT2D eigenvalue weighted by Crippen LogP contribution is 2.13. The molecule has 0 aromatic carbocycles. The molecule has 0 fully saturated rings. The monoisotopic (exact) mass is 174 g/mol. The zero-order valence-corrected chi connectivity index (χ0v) is 9.18. The van der Waals surface area contributed by atoms with Crippen LogP contribution in [0.15, 0.2) is 0 Å². The highest BCUT2D eigenvalue weighted by Gasteiger charge is 2.14. The van der Waals surface area contributed by atoms with Gasteiger partial charge in [0.25, 0.3) is 0 Å². The Morgan fingerprint density at radius 2 is 1.58 bits per heavy atom. The van der Waals surface area contributed by atoms with Gasteiger partial charge >= 0.3 is 0 Å². The van der Waals surface area contributed by atoms with E-state index in [1.807, 2.05) is 27.7 Å². The molecule has 0 aromatic rings. The first-order valence-corrected chi connectivity index (χ1v) is 4.66. The fourth-order valence-corrected chi connectivity index (χ4v) is 0.930. The van der Waals surface area contributed by atoms with Gasteiger partial charge in [-0.05, 0) is 40.0 Å². The maximum atomic E-state index is 5.22. The van der Waals surface area contributed by atoms with Crippen molar-refractivity contribution in [2.75, 3.05) is 0 Å². The van der Waals surface area contributed by atoms with Gasteiger partial charge in [-0.2, -0.15) is 0 Å². The van der Waals surface area contributed by atoms with Crippen molar-refractivity contribution in [3.63, 3.8) is 0 Å². The molecule has 0 bridgehead atoms. The highest BCUT2D eigenvalue weighted by atomic mass is 17.2. The molecule has 74 valence electrons. The lowest BCUT2D eigenvalue weighted by atomic mass is 10.1. The Kier molecular flexibility index (Phi) is 4.80. The molecule has 12 heavy (non-hydrogen) atoms. The van der Waals surface area contributed by atoms with E-state index < -0.39 is 0 Å². The van der Waals surface area contributed by atoms with E-state index in [1.165, 1.54) is 0 Å². The molecule has 2 nitrogen and oxygen atoms in total. The van der Waals surface area contributed by atoms with Crippen LogP contribution < -0.4 is 0 Å². The van der Waals surface area contributed by atoms with E-state index in [-0.39, 0.29) is 11.7 Å². The second-order valence-electron chi connectivity index (χ2n) is 4.73. The zero-order chi connectivity index (χ0) is 9.78. The summed E-state index contributed by atoms with van der Waals surface area (Å²) in [5.41, 5.74) is -0.203. The molecule has 0 radical (unpaired) electrons. The first kappa shape index (κ1) is 11.9. The Morgan fingerprint density at radius 3 is 1.92 bits per heavy atom. The van der Waals surface area contributed by atoms with Gasteiger partial charge in [-0.15, -0.1) is 0 Å². The van der Waals surface area contributed by atoms with E-state index in [0.717, 1.165) is 6.42 Å². The van der Waals surface area contributed by atoms with Crippen molar-refractivity contribution in [2.45, 2.75) is 59.7 Å². The van der Waals surface area contributed by atoms with Crippen LogP contribution in [0.25, 0.3) is 0 Å². The van der Waals surface area contributed by atoms with E-state index in [2.05, 4.69) is 13.8 Å². The highest BCUT2D eigenvalue weighted by molar-refractivity contribution is 4.56. The van der Waals surface area contributed by atoms with Crippen molar-refractivity contribution in [3.8, 4) is 0 Å². The lowest BCUT2D eigenvalue weighted by Crippen LogP contribution is -2.23. The van der Waals surface area contributed by atoms with Gasteiger partial charge in [-0.1, -0.05) is 13.8 Å². The van der Waals surface area contributed by atoms with Gasteiger partial charge in [0.1, 0.15) is 0 Å². The van der Waals surface area contributed by atoms with Crippen LogP contribution in [-0.2, 0) is 9.78 Å². The van der Waals surface area contributed by atoms with Gasteiger partial charge < -0.3 is 0 Å². The number of hydrogen-bond acceptors (Lipinski definition) is 2. The summed E-state index contributed by atoms with van der Waals surface area (Å²) in [5.74, 6) is 0.656. The normalized spacial score (nSPS) is 15.2. The van der Waals surface area contributed by atoms with Crippen molar-refractivity contribution in [1.82, 2.24) is 0 Å². The number of hydrogen-bond donors (Lipinski definition) is 0. The molecule has 0 saturated carbocycles. The van der Waals surface area contributed by atoms with Gasteiger partial charge in [-0.25, -0.2) is 9.78 Å². The van der Waals surface area contributed by atoms with Crippen LogP contribution in [0.4, 0.5) is 0 Å². The zero-order valence-electron chi connectivity index (χ0n) is 9.18. The topological polar surface area (TPSA) is 18.5 Å². The summed E-state index contributed by atoms with van der Waals surface area (Å²) >= 11 is 0. The van der Waals surface area contributed by atoms with Crippen molar-refractivity contribution in [3.05, 3.63) is 0 Å². The lowest BCUT2D eigenvalue weighted by Gasteiger charge is -2.21. The smallest absolute Gasteiger partial charge is 0.0952 e. The molecule has 1 unspecified atom stereocenters. The van der Waals surface area contributed by atoms with Crippen molar-refractivity contribution in [2.24, 2.45) is 5.92 Å². The van der Waals surface area contributed by atoms with Crippen LogP contribution in [0.5, 0.6) is 0 Å². The summed E-state index contributed by atoms with van der Waals surface area (Å²) in [7, 11) is 0. The third-order valence-electron chi connectivity index (χ3n) is 1.27. The SMILES string of the molecule is CC(C)CC(C)OOC(C)(C)C. The molecule has 0 spiro atoms. The summed E-state index contributed by atoms with van der Waals surface area (Å²) in [4.78, 5) is 10.4.